The molecule has 8 nitrogen and oxygen atoms in total. The summed E-state index contributed by atoms with van der Waals surface area (Å²) in [6.45, 7) is 1.80. The smallest absolute Gasteiger partial charge is 0.288 e. The molecule has 0 atom stereocenters. The van der Waals surface area contributed by atoms with E-state index < -0.39 is 20.4 Å². The molecule has 1 aliphatic heterocycles. The summed E-state index contributed by atoms with van der Waals surface area (Å²) < 4.78 is 23.5. The molecule has 0 saturated carbocycles. The fourth-order valence-electron chi connectivity index (χ4n) is 2.53. The summed E-state index contributed by atoms with van der Waals surface area (Å²) in [5.74, 6) is 0.124. The predicted molar refractivity (Wildman–Crippen MR) is 85.3 cm³/mol. The molecule has 0 radical (unpaired) electrons. The van der Waals surface area contributed by atoms with Crippen LogP contribution in [-0.4, -0.2) is 57.1 Å². The van der Waals surface area contributed by atoms with E-state index in [9.17, 15) is 23.3 Å². The lowest BCUT2D eigenvalue weighted by molar-refractivity contribution is -0.387. The summed E-state index contributed by atoms with van der Waals surface area (Å²) in [5.41, 5.74) is 0.127. The third-order valence-electron chi connectivity index (χ3n) is 3.86. The van der Waals surface area contributed by atoms with Crippen molar-refractivity contribution >= 4 is 27.1 Å². The van der Waals surface area contributed by atoms with Gasteiger partial charge in [-0.15, -0.1) is 0 Å². The van der Waals surface area contributed by atoms with Gasteiger partial charge in [-0.2, -0.15) is 0 Å². The molecule has 9 heteroatoms. The number of anilines is 1. The van der Waals surface area contributed by atoms with Crippen LogP contribution >= 0.6 is 0 Å². The van der Waals surface area contributed by atoms with Crippen LogP contribution in [0, 0.1) is 10.1 Å². The number of rotatable bonds is 6. The molecule has 0 unspecified atom stereocenters. The van der Waals surface area contributed by atoms with Crippen LogP contribution in [-0.2, 0) is 14.6 Å². The van der Waals surface area contributed by atoms with E-state index in [0.29, 0.717) is 25.2 Å². The highest BCUT2D eigenvalue weighted by molar-refractivity contribution is 7.90. The van der Waals surface area contributed by atoms with Crippen molar-refractivity contribution in [1.29, 1.82) is 0 Å². The van der Waals surface area contributed by atoms with E-state index in [0.717, 1.165) is 19.2 Å². The van der Waals surface area contributed by atoms with Crippen LogP contribution in [0.25, 0.3) is 0 Å². The van der Waals surface area contributed by atoms with Crippen LogP contribution in [0.3, 0.4) is 0 Å². The standard InChI is InChI=1S/C14H19N3O5S/c1-15(8-9-16-7-3-4-14(16)18)11-5-6-12(17(19)20)13(10-11)23(2,21)22/h5-6,10H,3-4,7-9H2,1-2H3. The van der Waals surface area contributed by atoms with Gasteiger partial charge < -0.3 is 9.80 Å². The molecule has 1 aromatic rings. The van der Waals surface area contributed by atoms with Gasteiger partial charge in [-0.3, -0.25) is 14.9 Å². The number of carbonyl (C=O) groups is 1. The van der Waals surface area contributed by atoms with Crippen LogP contribution in [0.2, 0.25) is 0 Å². The first-order chi connectivity index (χ1) is 10.7. The monoisotopic (exact) mass is 341 g/mol. The fraction of sp³-hybridized carbons (Fsp3) is 0.500. The minimum absolute atomic E-state index is 0.124. The van der Waals surface area contributed by atoms with Crippen molar-refractivity contribution in [3.05, 3.63) is 28.3 Å². The van der Waals surface area contributed by atoms with E-state index in [-0.39, 0.29) is 10.8 Å². The Bertz CT molecular complexity index is 732. The molecular formula is C14H19N3O5S. The molecule has 1 aromatic carbocycles. The van der Waals surface area contributed by atoms with Gasteiger partial charge in [0.1, 0.15) is 4.90 Å². The Morgan fingerprint density at radius 2 is 2.09 bits per heavy atom. The molecule has 23 heavy (non-hydrogen) atoms. The van der Waals surface area contributed by atoms with Crippen molar-refractivity contribution in [2.75, 3.05) is 37.8 Å². The van der Waals surface area contributed by atoms with Gasteiger partial charge in [-0.25, -0.2) is 8.42 Å². The maximum atomic E-state index is 11.8. The molecule has 0 N–H and O–H groups in total. The number of amides is 1. The average molecular weight is 341 g/mol. The molecular weight excluding hydrogens is 322 g/mol. The number of hydrogen-bond acceptors (Lipinski definition) is 6. The van der Waals surface area contributed by atoms with Crippen molar-refractivity contribution < 1.29 is 18.1 Å². The SMILES string of the molecule is CN(CCN1CCCC1=O)c1ccc([N+](=O)[O-])c(S(C)(=O)=O)c1. The summed E-state index contributed by atoms with van der Waals surface area (Å²) >= 11 is 0. The molecule has 0 spiro atoms. The molecule has 0 aromatic heterocycles. The third kappa shape index (κ3) is 3.98. The maximum Gasteiger partial charge on any atom is 0.288 e. The molecule has 126 valence electrons. The highest BCUT2D eigenvalue weighted by Gasteiger charge is 2.24. The first-order valence-electron chi connectivity index (χ1n) is 7.17. The van der Waals surface area contributed by atoms with Crippen molar-refractivity contribution in [3.8, 4) is 0 Å². The van der Waals surface area contributed by atoms with Gasteiger partial charge in [0, 0.05) is 51.1 Å². The topological polar surface area (TPSA) is 101 Å². The first kappa shape index (κ1) is 17.2. The molecule has 1 heterocycles. The van der Waals surface area contributed by atoms with E-state index in [1.54, 1.807) is 16.8 Å². The van der Waals surface area contributed by atoms with Gasteiger partial charge in [0.25, 0.3) is 5.69 Å². The lowest BCUT2D eigenvalue weighted by Gasteiger charge is -2.23. The lowest BCUT2D eigenvalue weighted by atomic mass is 10.2. The zero-order valence-corrected chi connectivity index (χ0v) is 13.9. The number of carbonyl (C=O) groups excluding carboxylic acids is 1. The van der Waals surface area contributed by atoms with Crippen molar-refractivity contribution in [1.82, 2.24) is 4.90 Å². The molecule has 1 fully saturated rings. The third-order valence-corrected chi connectivity index (χ3v) is 4.98. The number of benzene rings is 1. The van der Waals surface area contributed by atoms with E-state index in [4.69, 9.17) is 0 Å². The number of nitrogens with zero attached hydrogens (tertiary/aromatic N) is 3. The highest BCUT2D eigenvalue weighted by atomic mass is 32.2. The Morgan fingerprint density at radius 1 is 1.39 bits per heavy atom. The van der Waals surface area contributed by atoms with E-state index >= 15 is 0 Å². The molecule has 0 bridgehead atoms. The number of likely N-dealkylation sites (N-methyl/N-ethyl adjacent to an activating group) is 1. The lowest BCUT2D eigenvalue weighted by Crippen LogP contribution is -2.34. The Balaban J connectivity index is 2.19. The Kier molecular flexibility index (Phi) is 4.88. The van der Waals surface area contributed by atoms with Crippen LogP contribution in [0.15, 0.2) is 23.1 Å². The quantitative estimate of drug-likeness (QED) is 0.566. The average Bonchev–Trinajstić information content (AvgIpc) is 2.88. The fourth-order valence-corrected chi connectivity index (χ4v) is 3.39. The Morgan fingerprint density at radius 3 is 2.61 bits per heavy atom. The Labute approximate surface area is 134 Å². The summed E-state index contributed by atoms with van der Waals surface area (Å²) in [6.07, 6.45) is 2.37. The summed E-state index contributed by atoms with van der Waals surface area (Å²) in [6, 6.07) is 4.01. The molecule has 1 saturated heterocycles. The maximum absolute atomic E-state index is 11.8. The van der Waals surface area contributed by atoms with Crippen LogP contribution in [0.4, 0.5) is 11.4 Å². The number of hydrogen-bond donors (Lipinski definition) is 0. The summed E-state index contributed by atoms with van der Waals surface area (Å²) in [5, 5.41) is 11.0. The summed E-state index contributed by atoms with van der Waals surface area (Å²) in [4.78, 5) is 25.1. The second-order valence-electron chi connectivity index (χ2n) is 5.59. The second kappa shape index (κ2) is 6.53. The predicted octanol–water partition coefficient (Wildman–Crippen LogP) is 1.06. The van der Waals surface area contributed by atoms with Crippen molar-refractivity contribution in [2.45, 2.75) is 17.7 Å². The van der Waals surface area contributed by atoms with E-state index in [1.165, 1.54) is 18.2 Å². The summed E-state index contributed by atoms with van der Waals surface area (Å²) in [7, 11) is -1.95. The van der Waals surface area contributed by atoms with Crippen LogP contribution < -0.4 is 4.90 Å². The van der Waals surface area contributed by atoms with Gasteiger partial charge in [-0.1, -0.05) is 0 Å². The van der Waals surface area contributed by atoms with E-state index in [2.05, 4.69) is 0 Å². The van der Waals surface area contributed by atoms with Gasteiger partial charge in [0.2, 0.25) is 5.91 Å². The van der Waals surface area contributed by atoms with Crippen molar-refractivity contribution in [2.24, 2.45) is 0 Å². The number of likely N-dealkylation sites (tertiary alicyclic amines) is 1. The van der Waals surface area contributed by atoms with Gasteiger partial charge in [0.15, 0.2) is 9.84 Å². The zero-order chi connectivity index (χ0) is 17.2. The minimum atomic E-state index is -3.71. The number of nitro groups is 1. The molecule has 1 aliphatic rings. The van der Waals surface area contributed by atoms with Crippen molar-refractivity contribution in [3.63, 3.8) is 0 Å². The Hall–Kier alpha value is -2.16. The van der Waals surface area contributed by atoms with Gasteiger partial charge >= 0.3 is 0 Å². The molecule has 0 aliphatic carbocycles. The van der Waals surface area contributed by atoms with Crippen LogP contribution in [0.5, 0.6) is 0 Å². The normalized spacial score (nSPS) is 15.0. The largest absolute Gasteiger partial charge is 0.373 e. The van der Waals surface area contributed by atoms with Gasteiger partial charge in [-0.05, 0) is 18.6 Å². The molecule has 2 rings (SSSR count). The first-order valence-corrected chi connectivity index (χ1v) is 9.06. The minimum Gasteiger partial charge on any atom is -0.373 e. The van der Waals surface area contributed by atoms with E-state index in [1.807, 2.05) is 0 Å². The number of sulfone groups is 1. The van der Waals surface area contributed by atoms with Gasteiger partial charge in [0.05, 0.1) is 4.92 Å². The van der Waals surface area contributed by atoms with Crippen LogP contribution in [0.1, 0.15) is 12.8 Å². The second-order valence-corrected chi connectivity index (χ2v) is 7.57. The zero-order valence-electron chi connectivity index (χ0n) is 13.1. The molecule has 1 amide bonds. The highest BCUT2D eigenvalue weighted by Crippen LogP contribution is 2.28. The number of nitro benzene ring substituents is 1.